The summed E-state index contributed by atoms with van der Waals surface area (Å²) < 4.78 is 0. The number of hydrogen-bond acceptors (Lipinski definition) is 3. The number of alkyl halides is 1. The fourth-order valence-electron chi connectivity index (χ4n) is 2.00. The second-order valence-corrected chi connectivity index (χ2v) is 4.85. The topological polar surface area (TPSA) is 29.0 Å². The van der Waals surface area contributed by atoms with Crippen LogP contribution in [0.2, 0.25) is 0 Å². The first-order chi connectivity index (χ1) is 7.29. The number of aromatic nitrogens is 2. The molecule has 1 aromatic rings. The van der Waals surface area contributed by atoms with E-state index in [1.54, 1.807) is 6.20 Å². The van der Waals surface area contributed by atoms with Crippen LogP contribution >= 0.6 is 15.9 Å². The molecule has 15 heavy (non-hydrogen) atoms. The third-order valence-electron chi connectivity index (χ3n) is 2.84. The van der Waals surface area contributed by atoms with Gasteiger partial charge in [-0.3, -0.25) is 0 Å². The first kappa shape index (κ1) is 10.9. The van der Waals surface area contributed by atoms with E-state index in [1.807, 2.05) is 0 Å². The molecule has 0 bridgehead atoms. The lowest BCUT2D eigenvalue weighted by Gasteiger charge is -2.32. The van der Waals surface area contributed by atoms with E-state index in [4.69, 9.17) is 0 Å². The molecule has 1 unspecified atom stereocenters. The van der Waals surface area contributed by atoms with Crippen molar-refractivity contribution < 1.29 is 0 Å². The highest BCUT2D eigenvalue weighted by Crippen LogP contribution is 2.22. The fraction of sp³-hybridized carbons (Fsp3) is 0.636. The molecule has 1 fully saturated rings. The predicted octanol–water partition coefficient (Wildman–Crippen LogP) is 2.40. The van der Waals surface area contributed by atoms with Crippen LogP contribution in [0.15, 0.2) is 12.3 Å². The summed E-state index contributed by atoms with van der Waals surface area (Å²) in [5.74, 6) is 1.78. The lowest BCUT2D eigenvalue weighted by atomic mass is 10.0. The summed E-state index contributed by atoms with van der Waals surface area (Å²) >= 11 is 3.56. The van der Waals surface area contributed by atoms with Crippen LogP contribution in [0.3, 0.4) is 0 Å². The Bertz CT molecular complexity index is 329. The zero-order chi connectivity index (χ0) is 10.7. The van der Waals surface area contributed by atoms with Gasteiger partial charge in [-0.2, -0.15) is 5.10 Å². The van der Waals surface area contributed by atoms with Crippen LogP contribution in [0.5, 0.6) is 0 Å². The van der Waals surface area contributed by atoms with Gasteiger partial charge in [-0.15, -0.1) is 5.10 Å². The molecule has 4 heteroatoms. The van der Waals surface area contributed by atoms with Crippen LogP contribution < -0.4 is 4.90 Å². The second-order valence-electron chi connectivity index (χ2n) is 4.20. The minimum absolute atomic E-state index is 0.751. The third kappa shape index (κ3) is 2.68. The highest BCUT2D eigenvalue weighted by atomic mass is 79.9. The van der Waals surface area contributed by atoms with Crippen molar-refractivity contribution in [2.24, 2.45) is 5.92 Å². The zero-order valence-corrected chi connectivity index (χ0v) is 10.6. The van der Waals surface area contributed by atoms with Gasteiger partial charge in [0.1, 0.15) is 0 Å². The SMILES string of the molecule is Cc1cnnc(N2CCCC(CBr)C2)c1. The van der Waals surface area contributed by atoms with Gasteiger partial charge in [-0.25, -0.2) is 0 Å². The van der Waals surface area contributed by atoms with Gasteiger partial charge < -0.3 is 4.90 Å². The molecular weight excluding hydrogens is 254 g/mol. The molecule has 0 radical (unpaired) electrons. The lowest BCUT2D eigenvalue weighted by molar-refractivity contribution is 0.452. The smallest absolute Gasteiger partial charge is 0.151 e. The Kier molecular flexibility index (Phi) is 3.57. The quantitative estimate of drug-likeness (QED) is 0.773. The standard InChI is InChI=1S/C11H16BrN3/c1-9-5-11(14-13-7-9)15-4-2-3-10(6-12)8-15/h5,7,10H,2-4,6,8H2,1H3. The van der Waals surface area contributed by atoms with Crippen molar-refractivity contribution in [3.05, 3.63) is 17.8 Å². The third-order valence-corrected chi connectivity index (χ3v) is 3.76. The van der Waals surface area contributed by atoms with Crippen LogP contribution in [0.4, 0.5) is 5.82 Å². The molecule has 0 amide bonds. The van der Waals surface area contributed by atoms with E-state index >= 15 is 0 Å². The molecule has 0 aliphatic carbocycles. The van der Waals surface area contributed by atoms with Gasteiger partial charge in [0.05, 0.1) is 6.20 Å². The highest BCUT2D eigenvalue weighted by molar-refractivity contribution is 9.09. The van der Waals surface area contributed by atoms with E-state index < -0.39 is 0 Å². The molecule has 1 aliphatic rings. The van der Waals surface area contributed by atoms with Gasteiger partial charge in [0.25, 0.3) is 0 Å². The fourth-order valence-corrected chi connectivity index (χ4v) is 2.53. The van der Waals surface area contributed by atoms with Crippen molar-refractivity contribution in [2.75, 3.05) is 23.3 Å². The highest BCUT2D eigenvalue weighted by Gasteiger charge is 2.20. The Morgan fingerprint density at radius 2 is 2.47 bits per heavy atom. The monoisotopic (exact) mass is 269 g/mol. The number of anilines is 1. The van der Waals surface area contributed by atoms with Crippen molar-refractivity contribution in [1.29, 1.82) is 0 Å². The molecule has 1 aromatic heterocycles. The molecule has 2 heterocycles. The van der Waals surface area contributed by atoms with Crippen LogP contribution in [0.25, 0.3) is 0 Å². The molecule has 2 rings (SSSR count). The Morgan fingerprint density at radius 1 is 1.60 bits per heavy atom. The van der Waals surface area contributed by atoms with E-state index in [0.717, 1.165) is 30.2 Å². The van der Waals surface area contributed by atoms with Crippen LogP contribution in [-0.4, -0.2) is 28.6 Å². The van der Waals surface area contributed by atoms with E-state index in [2.05, 4.69) is 44.0 Å². The number of hydrogen-bond donors (Lipinski definition) is 0. The van der Waals surface area contributed by atoms with Gasteiger partial charge in [0.2, 0.25) is 0 Å². The maximum Gasteiger partial charge on any atom is 0.151 e. The first-order valence-electron chi connectivity index (χ1n) is 5.40. The molecule has 1 atom stereocenters. The van der Waals surface area contributed by atoms with Crippen LogP contribution in [0, 0.1) is 12.8 Å². The molecule has 0 spiro atoms. The number of nitrogens with zero attached hydrogens (tertiary/aromatic N) is 3. The molecule has 1 aliphatic heterocycles. The average molecular weight is 270 g/mol. The molecule has 0 N–H and O–H groups in total. The van der Waals surface area contributed by atoms with Crippen molar-refractivity contribution in [3.63, 3.8) is 0 Å². The normalized spacial score (nSPS) is 21.7. The van der Waals surface area contributed by atoms with Gasteiger partial charge in [0.15, 0.2) is 5.82 Å². The van der Waals surface area contributed by atoms with Gasteiger partial charge >= 0.3 is 0 Å². The summed E-state index contributed by atoms with van der Waals surface area (Å²) in [5.41, 5.74) is 1.18. The number of piperidine rings is 1. The summed E-state index contributed by atoms with van der Waals surface area (Å²) in [4.78, 5) is 2.34. The number of aryl methyl sites for hydroxylation is 1. The minimum Gasteiger partial charge on any atom is -0.355 e. The minimum atomic E-state index is 0.751. The van der Waals surface area contributed by atoms with Crippen molar-refractivity contribution in [3.8, 4) is 0 Å². The molecular formula is C11H16BrN3. The Labute approximate surface area is 99.0 Å². The summed E-state index contributed by atoms with van der Waals surface area (Å²) in [6, 6.07) is 2.11. The average Bonchev–Trinajstić information content (AvgIpc) is 2.29. The second kappa shape index (κ2) is 4.92. The van der Waals surface area contributed by atoms with E-state index in [1.165, 1.54) is 18.4 Å². The molecule has 1 saturated heterocycles. The Morgan fingerprint density at radius 3 is 3.20 bits per heavy atom. The number of halogens is 1. The zero-order valence-electron chi connectivity index (χ0n) is 8.99. The summed E-state index contributed by atoms with van der Waals surface area (Å²) in [6.45, 7) is 4.27. The molecule has 0 aromatic carbocycles. The molecule has 82 valence electrons. The van der Waals surface area contributed by atoms with Gasteiger partial charge in [-0.05, 0) is 37.3 Å². The molecule has 0 saturated carbocycles. The Balaban J connectivity index is 2.09. The Hall–Kier alpha value is -0.640. The first-order valence-corrected chi connectivity index (χ1v) is 6.52. The predicted molar refractivity (Wildman–Crippen MR) is 65.5 cm³/mol. The van der Waals surface area contributed by atoms with Crippen LogP contribution in [-0.2, 0) is 0 Å². The lowest BCUT2D eigenvalue weighted by Crippen LogP contribution is -2.36. The van der Waals surface area contributed by atoms with E-state index in [9.17, 15) is 0 Å². The number of rotatable bonds is 2. The maximum absolute atomic E-state index is 4.19. The van der Waals surface area contributed by atoms with Crippen molar-refractivity contribution in [2.45, 2.75) is 19.8 Å². The summed E-state index contributed by atoms with van der Waals surface area (Å²) in [7, 11) is 0. The van der Waals surface area contributed by atoms with Crippen molar-refractivity contribution in [1.82, 2.24) is 10.2 Å². The molecule has 3 nitrogen and oxygen atoms in total. The summed E-state index contributed by atoms with van der Waals surface area (Å²) in [5, 5.41) is 9.29. The van der Waals surface area contributed by atoms with E-state index in [-0.39, 0.29) is 0 Å². The maximum atomic E-state index is 4.19. The van der Waals surface area contributed by atoms with Gasteiger partial charge in [0, 0.05) is 18.4 Å². The summed E-state index contributed by atoms with van der Waals surface area (Å²) in [6.07, 6.45) is 4.38. The van der Waals surface area contributed by atoms with Gasteiger partial charge in [-0.1, -0.05) is 15.9 Å². The van der Waals surface area contributed by atoms with Crippen molar-refractivity contribution >= 4 is 21.7 Å². The van der Waals surface area contributed by atoms with Crippen LogP contribution in [0.1, 0.15) is 18.4 Å². The largest absolute Gasteiger partial charge is 0.355 e. The van der Waals surface area contributed by atoms with E-state index in [0.29, 0.717) is 0 Å².